The molecule has 1 aromatic heterocycles. The number of hydrogen-bond acceptors (Lipinski definition) is 2. The van der Waals surface area contributed by atoms with Crippen molar-refractivity contribution in [2.24, 2.45) is 0 Å². The molecule has 0 atom stereocenters. The third kappa shape index (κ3) is 13.3. The van der Waals surface area contributed by atoms with Gasteiger partial charge in [-0.2, -0.15) is 17.7 Å². The number of aromatic nitrogens is 1. The van der Waals surface area contributed by atoms with E-state index in [0.717, 1.165) is 19.9 Å². The molecule has 0 aliphatic heterocycles. The Hall–Kier alpha value is -0.736. The van der Waals surface area contributed by atoms with Crippen LogP contribution in [0.2, 0.25) is 0 Å². The molecule has 0 unspecified atom stereocenters. The Kier molecular flexibility index (Phi) is 20.3. The van der Waals surface area contributed by atoms with E-state index >= 15 is 0 Å². The molecule has 0 bridgehead atoms. The SMILES string of the molecule is CO.CO.C[c-]1cccc1.Cc1[c-]cc(C)[nH]1.[Ti+2]. The van der Waals surface area contributed by atoms with Crippen LogP contribution in [0, 0.1) is 26.8 Å². The van der Waals surface area contributed by atoms with E-state index in [-0.39, 0.29) is 21.7 Å². The summed E-state index contributed by atoms with van der Waals surface area (Å²) in [6, 6.07) is 13.2. The van der Waals surface area contributed by atoms with Gasteiger partial charge in [0.15, 0.2) is 0 Å². The first kappa shape index (κ1) is 22.4. The van der Waals surface area contributed by atoms with Gasteiger partial charge in [0.05, 0.1) is 0 Å². The van der Waals surface area contributed by atoms with Crippen LogP contribution in [0.3, 0.4) is 0 Å². The van der Waals surface area contributed by atoms with Crippen LogP contribution in [0.5, 0.6) is 0 Å². The summed E-state index contributed by atoms with van der Waals surface area (Å²) >= 11 is 0. The minimum Gasteiger partial charge on any atom is -0.456 e. The number of aryl methyl sites for hydroxylation is 3. The predicted molar refractivity (Wildman–Crippen MR) is 72.2 cm³/mol. The Balaban J connectivity index is -0.000000189. The minimum atomic E-state index is 0. The number of aliphatic hydroxyl groups is 2. The predicted octanol–water partition coefficient (Wildman–Crippen LogP) is 2.36. The van der Waals surface area contributed by atoms with Crippen molar-refractivity contribution in [3.05, 3.63) is 53.3 Å². The van der Waals surface area contributed by atoms with Gasteiger partial charge in [-0.1, -0.05) is 19.5 Å². The smallest absolute Gasteiger partial charge is 0.456 e. The van der Waals surface area contributed by atoms with E-state index in [2.05, 4.69) is 30.1 Å². The van der Waals surface area contributed by atoms with E-state index in [9.17, 15) is 0 Å². The zero-order valence-electron chi connectivity index (χ0n) is 11.8. The van der Waals surface area contributed by atoms with Gasteiger partial charge >= 0.3 is 21.7 Å². The standard InChI is InChI=1S/C6H8N.C6H7.2CH4O.Ti/c1-5-3-4-6(2)7-5;1-6-4-2-3-5-6;2*1-2;/h3,7H,1-2H3;2-5H,1H3;2*2H,1H3;/q2*-1;;;+2. The first-order chi connectivity index (χ1) is 8.18. The molecule has 1 aromatic carbocycles. The van der Waals surface area contributed by atoms with E-state index in [4.69, 9.17) is 10.2 Å². The van der Waals surface area contributed by atoms with Gasteiger partial charge in [-0.05, 0) is 6.92 Å². The molecule has 0 saturated carbocycles. The third-order valence-electron chi connectivity index (χ3n) is 1.72. The van der Waals surface area contributed by atoms with Crippen molar-refractivity contribution in [2.75, 3.05) is 14.2 Å². The quantitative estimate of drug-likeness (QED) is 0.514. The van der Waals surface area contributed by atoms with Crippen LogP contribution in [-0.4, -0.2) is 29.4 Å². The van der Waals surface area contributed by atoms with Gasteiger partial charge in [0.25, 0.3) is 0 Å². The van der Waals surface area contributed by atoms with Gasteiger partial charge in [0, 0.05) is 14.2 Å². The number of aliphatic hydroxyl groups excluding tert-OH is 2. The molecule has 3 nitrogen and oxygen atoms in total. The molecule has 100 valence electrons. The maximum absolute atomic E-state index is 7.00. The Morgan fingerprint density at radius 3 is 1.61 bits per heavy atom. The molecule has 0 aliphatic carbocycles. The second kappa shape index (κ2) is 16.3. The summed E-state index contributed by atoms with van der Waals surface area (Å²) in [6.45, 7) is 6.09. The van der Waals surface area contributed by atoms with E-state index in [0.29, 0.717) is 0 Å². The van der Waals surface area contributed by atoms with E-state index in [1.54, 1.807) is 0 Å². The molecule has 18 heavy (non-hydrogen) atoms. The van der Waals surface area contributed by atoms with Gasteiger partial charge in [-0.15, -0.1) is 5.69 Å². The summed E-state index contributed by atoms with van der Waals surface area (Å²) in [6.07, 6.45) is 0. The average Bonchev–Trinajstić information content (AvgIpc) is 2.97. The fourth-order valence-corrected chi connectivity index (χ4v) is 1.05. The molecule has 0 aliphatic rings. The first-order valence-corrected chi connectivity index (χ1v) is 5.30. The second-order valence-corrected chi connectivity index (χ2v) is 3.18. The van der Waals surface area contributed by atoms with Crippen LogP contribution in [-0.2, 0) is 21.7 Å². The van der Waals surface area contributed by atoms with Crippen molar-refractivity contribution in [3.63, 3.8) is 0 Å². The summed E-state index contributed by atoms with van der Waals surface area (Å²) in [7, 11) is 2.00. The topological polar surface area (TPSA) is 56.2 Å². The molecule has 2 aromatic rings. The molecule has 4 heteroatoms. The van der Waals surface area contributed by atoms with Crippen LogP contribution in [0.15, 0.2) is 30.3 Å². The summed E-state index contributed by atoms with van der Waals surface area (Å²) in [4.78, 5) is 3.08. The van der Waals surface area contributed by atoms with Crippen molar-refractivity contribution in [1.29, 1.82) is 0 Å². The molecule has 0 radical (unpaired) electrons. The van der Waals surface area contributed by atoms with Crippen LogP contribution < -0.4 is 0 Å². The second-order valence-electron chi connectivity index (χ2n) is 3.18. The fourth-order valence-electron chi connectivity index (χ4n) is 1.05. The zero-order valence-corrected chi connectivity index (χ0v) is 13.3. The van der Waals surface area contributed by atoms with Crippen molar-refractivity contribution in [1.82, 2.24) is 4.98 Å². The number of rotatable bonds is 0. The minimum absolute atomic E-state index is 0. The molecule has 3 N–H and O–H groups in total. The van der Waals surface area contributed by atoms with Crippen molar-refractivity contribution < 1.29 is 31.9 Å². The van der Waals surface area contributed by atoms with Gasteiger partial charge in [0.1, 0.15) is 0 Å². The zero-order chi connectivity index (χ0) is 13.7. The summed E-state index contributed by atoms with van der Waals surface area (Å²) in [5.41, 5.74) is 3.63. The number of nitrogens with one attached hydrogen (secondary N) is 1. The Morgan fingerprint density at radius 2 is 1.50 bits per heavy atom. The summed E-state index contributed by atoms with van der Waals surface area (Å²) < 4.78 is 0. The van der Waals surface area contributed by atoms with Gasteiger partial charge in [-0.25, -0.2) is 24.3 Å². The molecule has 0 spiro atoms. The molecule has 0 saturated heterocycles. The monoisotopic (exact) mass is 285 g/mol. The molecule has 0 amide bonds. The maximum atomic E-state index is 7.00. The third-order valence-corrected chi connectivity index (χ3v) is 1.72. The molecular formula is C14H23NO2Ti. The number of H-pyrrole nitrogens is 1. The molecule has 1 heterocycles. The Labute approximate surface area is 125 Å². The number of hydrogen-bond donors (Lipinski definition) is 3. The van der Waals surface area contributed by atoms with Crippen LogP contribution in [0.25, 0.3) is 0 Å². The van der Waals surface area contributed by atoms with Crippen molar-refractivity contribution >= 4 is 0 Å². The van der Waals surface area contributed by atoms with E-state index in [1.807, 2.05) is 32.0 Å². The fraction of sp³-hybridized carbons (Fsp3) is 0.357. The molecule has 2 rings (SSSR count). The Morgan fingerprint density at radius 1 is 1.06 bits per heavy atom. The summed E-state index contributed by atoms with van der Waals surface area (Å²) in [5, 5.41) is 14.0. The van der Waals surface area contributed by atoms with E-state index in [1.165, 1.54) is 11.3 Å². The van der Waals surface area contributed by atoms with E-state index < -0.39 is 0 Å². The van der Waals surface area contributed by atoms with Crippen LogP contribution in [0.1, 0.15) is 17.0 Å². The van der Waals surface area contributed by atoms with Gasteiger partial charge in [-0.3, -0.25) is 0 Å². The van der Waals surface area contributed by atoms with Crippen LogP contribution >= 0.6 is 0 Å². The largest absolute Gasteiger partial charge is 2.00 e. The van der Waals surface area contributed by atoms with Gasteiger partial charge < -0.3 is 15.2 Å². The molecular weight excluding hydrogens is 262 g/mol. The van der Waals surface area contributed by atoms with Crippen LogP contribution in [0.4, 0.5) is 0 Å². The summed E-state index contributed by atoms with van der Waals surface area (Å²) in [5.74, 6) is 0. The van der Waals surface area contributed by atoms with Gasteiger partial charge in [0.2, 0.25) is 0 Å². The molecule has 0 fully saturated rings. The first-order valence-electron chi connectivity index (χ1n) is 5.30. The number of aromatic amines is 1. The van der Waals surface area contributed by atoms with Crippen molar-refractivity contribution in [3.8, 4) is 0 Å². The normalized spacial score (nSPS) is 7.28. The Bertz CT molecular complexity index is 326. The average molecular weight is 285 g/mol. The maximum Gasteiger partial charge on any atom is 2.00 e. The van der Waals surface area contributed by atoms with Crippen molar-refractivity contribution in [2.45, 2.75) is 20.8 Å².